The van der Waals surface area contributed by atoms with E-state index in [-0.39, 0.29) is 24.0 Å². The minimum Gasteiger partial charge on any atom is -0.352 e. The second-order valence-electron chi connectivity index (χ2n) is 5.97. The number of hydrogen-bond donors (Lipinski definition) is 2. The lowest BCUT2D eigenvalue weighted by Gasteiger charge is -2.12. The van der Waals surface area contributed by atoms with Crippen LogP contribution >= 0.6 is 24.0 Å². The van der Waals surface area contributed by atoms with Gasteiger partial charge in [-0.2, -0.15) is 5.10 Å². The summed E-state index contributed by atoms with van der Waals surface area (Å²) in [5.41, 5.74) is 4.25. The van der Waals surface area contributed by atoms with Gasteiger partial charge in [-0.1, -0.05) is 12.1 Å². The van der Waals surface area contributed by atoms with Crippen molar-refractivity contribution in [3.05, 3.63) is 46.8 Å². The van der Waals surface area contributed by atoms with E-state index in [0.29, 0.717) is 23.9 Å². The van der Waals surface area contributed by atoms with E-state index >= 15 is 0 Å². The molecule has 0 radical (unpaired) electrons. The molecule has 144 valence electrons. The topological polar surface area (TPSA) is 88.4 Å². The summed E-state index contributed by atoms with van der Waals surface area (Å²) < 4.78 is 24.8. The largest absolute Gasteiger partial charge is 0.352 e. The maximum absolute atomic E-state index is 11.5. The molecule has 0 atom stereocenters. The van der Waals surface area contributed by atoms with E-state index in [4.69, 9.17) is 0 Å². The van der Waals surface area contributed by atoms with Crippen molar-refractivity contribution >= 4 is 39.8 Å². The second kappa shape index (κ2) is 9.36. The van der Waals surface area contributed by atoms with Gasteiger partial charge in [-0.25, -0.2) is 8.42 Å². The summed E-state index contributed by atoms with van der Waals surface area (Å²) in [6, 6.07) is 6.83. The zero-order valence-corrected chi connectivity index (χ0v) is 18.8. The van der Waals surface area contributed by atoms with Crippen LogP contribution in [0.4, 0.5) is 0 Å². The van der Waals surface area contributed by atoms with Crippen molar-refractivity contribution in [3.63, 3.8) is 0 Å². The number of aliphatic imine (C=N–C) groups is 1. The highest BCUT2D eigenvalue weighted by atomic mass is 127. The Morgan fingerprint density at radius 3 is 2.19 bits per heavy atom. The molecule has 0 amide bonds. The molecule has 0 saturated heterocycles. The number of sulfone groups is 1. The Hall–Kier alpha value is -1.62. The normalized spacial score (nSPS) is 11.8. The molecule has 2 N–H and O–H groups in total. The van der Waals surface area contributed by atoms with Crippen LogP contribution in [-0.2, 0) is 30.0 Å². The minimum atomic E-state index is -3.17. The number of benzene rings is 1. The van der Waals surface area contributed by atoms with Gasteiger partial charge in [0.15, 0.2) is 15.8 Å². The van der Waals surface area contributed by atoms with E-state index in [9.17, 15) is 8.42 Å². The van der Waals surface area contributed by atoms with Crippen LogP contribution in [0.15, 0.2) is 34.2 Å². The van der Waals surface area contributed by atoms with E-state index in [2.05, 4.69) is 20.7 Å². The predicted molar refractivity (Wildman–Crippen MR) is 115 cm³/mol. The monoisotopic (exact) mass is 491 g/mol. The summed E-state index contributed by atoms with van der Waals surface area (Å²) in [6.07, 6.45) is 1.20. The summed E-state index contributed by atoms with van der Waals surface area (Å²) in [5, 5.41) is 10.9. The van der Waals surface area contributed by atoms with Gasteiger partial charge in [0.2, 0.25) is 0 Å². The van der Waals surface area contributed by atoms with Crippen molar-refractivity contribution < 1.29 is 8.42 Å². The molecule has 0 unspecified atom stereocenters. The van der Waals surface area contributed by atoms with Gasteiger partial charge in [0.1, 0.15) is 0 Å². The van der Waals surface area contributed by atoms with Crippen LogP contribution in [0.2, 0.25) is 0 Å². The Labute approximate surface area is 172 Å². The maximum Gasteiger partial charge on any atom is 0.191 e. The summed E-state index contributed by atoms with van der Waals surface area (Å²) in [4.78, 5) is 4.53. The van der Waals surface area contributed by atoms with Gasteiger partial charge >= 0.3 is 0 Å². The zero-order valence-electron chi connectivity index (χ0n) is 15.7. The molecule has 9 heteroatoms. The third-order valence-corrected chi connectivity index (χ3v) is 5.26. The van der Waals surface area contributed by atoms with Crippen LogP contribution < -0.4 is 10.6 Å². The minimum absolute atomic E-state index is 0. The summed E-state index contributed by atoms with van der Waals surface area (Å²) in [7, 11) is 0.478. The average Bonchev–Trinajstić information content (AvgIpc) is 2.80. The molecule has 0 aliphatic rings. The zero-order chi connectivity index (χ0) is 18.6. The Kier molecular flexibility index (Phi) is 8.07. The van der Waals surface area contributed by atoms with Crippen LogP contribution in [-0.4, -0.2) is 37.5 Å². The molecular weight excluding hydrogens is 465 g/mol. The molecule has 0 bridgehead atoms. The average molecular weight is 491 g/mol. The first-order valence-electron chi connectivity index (χ1n) is 7.95. The molecule has 0 saturated carbocycles. The molecule has 1 aromatic heterocycles. The molecule has 0 aliphatic carbocycles. The Balaban J connectivity index is 0.00000338. The third kappa shape index (κ3) is 5.70. The Morgan fingerprint density at radius 1 is 1.15 bits per heavy atom. The van der Waals surface area contributed by atoms with E-state index in [1.54, 1.807) is 31.3 Å². The first kappa shape index (κ1) is 22.4. The molecule has 2 aromatic rings. The highest BCUT2D eigenvalue weighted by Gasteiger charge is 2.10. The van der Waals surface area contributed by atoms with Gasteiger partial charge in [-0.05, 0) is 31.5 Å². The van der Waals surface area contributed by atoms with Gasteiger partial charge < -0.3 is 10.6 Å². The van der Waals surface area contributed by atoms with Gasteiger partial charge in [0.05, 0.1) is 10.6 Å². The van der Waals surface area contributed by atoms with Crippen molar-refractivity contribution in [1.82, 2.24) is 20.4 Å². The quantitative estimate of drug-likeness (QED) is 0.379. The van der Waals surface area contributed by atoms with E-state index in [1.165, 1.54) is 6.26 Å². The van der Waals surface area contributed by atoms with Gasteiger partial charge in [0, 0.05) is 44.7 Å². The molecule has 1 heterocycles. The Bertz CT molecular complexity index is 873. The molecule has 0 fully saturated rings. The number of hydrogen-bond acceptors (Lipinski definition) is 4. The fourth-order valence-corrected chi connectivity index (χ4v) is 3.14. The maximum atomic E-state index is 11.5. The van der Waals surface area contributed by atoms with E-state index < -0.39 is 9.84 Å². The smallest absolute Gasteiger partial charge is 0.191 e. The van der Waals surface area contributed by atoms with Crippen molar-refractivity contribution in [3.8, 4) is 0 Å². The molecular formula is C17H26IN5O2S. The van der Waals surface area contributed by atoms with Crippen LogP contribution in [0, 0.1) is 13.8 Å². The van der Waals surface area contributed by atoms with Crippen LogP contribution in [0.3, 0.4) is 0 Å². The van der Waals surface area contributed by atoms with E-state index in [0.717, 1.165) is 22.5 Å². The van der Waals surface area contributed by atoms with Crippen LogP contribution in [0.5, 0.6) is 0 Å². The molecule has 2 rings (SSSR count). The predicted octanol–water partition coefficient (Wildman–Crippen LogP) is 1.92. The molecule has 26 heavy (non-hydrogen) atoms. The van der Waals surface area contributed by atoms with Crippen LogP contribution in [0.25, 0.3) is 0 Å². The second-order valence-corrected chi connectivity index (χ2v) is 7.98. The van der Waals surface area contributed by atoms with Gasteiger partial charge in [-0.3, -0.25) is 9.67 Å². The standard InChI is InChI=1S/C17H25N5O2S.HI/c1-12-16(13(2)22(4)21-12)11-20-17(18-3)19-10-14-6-8-15(9-7-14)25(5,23)24;/h6-9H,10-11H2,1-5H3,(H2,18,19,20);1H. The fraction of sp³-hybridized carbons (Fsp3) is 0.412. The number of nitrogens with zero attached hydrogens (tertiary/aromatic N) is 3. The van der Waals surface area contributed by atoms with E-state index in [1.807, 2.05) is 25.6 Å². The lowest BCUT2D eigenvalue weighted by atomic mass is 10.2. The number of nitrogens with one attached hydrogen (secondary N) is 2. The number of aromatic nitrogens is 2. The Morgan fingerprint density at radius 2 is 1.73 bits per heavy atom. The highest BCUT2D eigenvalue weighted by molar-refractivity contribution is 14.0. The summed E-state index contributed by atoms with van der Waals surface area (Å²) in [6.45, 7) is 5.22. The lowest BCUT2D eigenvalue weighted by molar-refractivity contribution is 0.602. The number of guanidine groups is 1. The highest BCUT2D eigenvalue weighted by Crippen LogP contribution is 2.11. The third-order valence-electron chi connectivity index (χ3n) is 4.13. The number of aryl methyl sites for hydroxylation is 2. The van der Waals surface area contributed by atoms with Crippen molar-refractivity contribution in [2.75, 3.05) is 13.3 Å². The van der Waals surface area contributed by atoms with Gasteiger partial charge in [-0.15, -0.1) is 24.0 Å². The van der Waals surface area contributed by atoms with Crippen molar-refractivity contribution in [1.29, 1.82) is 0 Å². The fourth-order valence-electron chi connectivity index (χ4n) is 2.51. The SMILES string of the molecule is CN=C(NCc1ccc(S(C)(=O)=O)cc1)NCc1c(C)nn(C)c1C.I. The first-order chi connectivity index (χ1) is 11.7. The molecule has 7 nitrogen and oxygen atoms in total. The van der Waals surface area contributed by atoms with Gasteiger partial charge in [0.25, 0.3) is 0 Å². The lowest BCUT2D eigenvalue weighted by Crippen LogP contribution is -2.36. The van der Waals surface area contributed by atoms with Crippen molar-refractivity contribution in [2.24, 2.45) is 12.0 Å². The molecule has 1 aromatic carbocycles. The number of rotatable bonds is 5. The molecule has 0 aliphatic heterocycles. The summed E-state index contributed by atoms with van der Waals surface area (Å²) in [5.74, 6) is 0.676. The molecule has 0 spiro atoms. The van der Waals surface area contributed by atoms with Crippen LogP contribution in [0.1, 0.15) is 22.5 Å². The number of halogens is 1. The van der Waals surface area contributed by atoms with Crippen molar-refractivity contribution in [2.45, 2.75) is 31.8 Å². The first-order valence-corrected chi connectivity index (χ1v) is 9.84. The summed E-state index contributed by atoms with van der Waals surface area (Å²) >= 11 is 0.